The number of anilines is 1. The predicted molar refractivity (Wildman–Crippen MR) is 84.4 cm³/mol. The summed E-state index contributed by atoms with van der Waals surface area (Å²) in [5.41, 5.74) is 6.51. The summed E-state index contributed by atoms with van der Waals surface area (Å²) in [4.78, 5) is 17.2. The van der Waals surface area contributed by atoms with Gasteiger partial charge in [-0.3, -0.25) is 4.79 Å². The smallest absolute Gasteiger partial charge is 0.264 e. The fraction of sp³-hybridized carbons (Fsp3) is 0.357. The average Bonchev–Trinajstić information content (AvgIpc) is 3.05. The Balaban J connectivity index is 2.14. The monoisotopic (exact) mass is 310 g/mol. The molecule has 0 fully saturated rings. The van der Waals surface area contributed by atoms with Crippen molar-refractivity contribution in [1.82, 2.24) is 4.90 Å². The maximum absolute atomic E-state index is 12.6. The number of methoxy groups -OCH3 is 1. The normalized spacial score (nSPS) is 10.7. The second-order valence-corrected chi connectivity index (χ2v) is 6.71. The zero-order chi connectivity index (χ0) is 14.5. The molecule has 20 heavy (non-hydrogen) atoms. The number of rotatable bonds is 6. The van der Waals surface area contributed by atoms with Gasteiger partial charge >= 0.3 is 0 Å². The molecule has 0 aromatic carbocycles. The summed E-state index contributed by atoms with van der Waals surface area (Å²) in [5.74, 6) is 0.0141. The van der Waals surface area contributed by atoms with Gasteiger partial charge in [-0.15, -0.1) is 22.7 Å². The molecule has 2 aromatic heterocycles. The van der Waals surface area contributed by atoms with E-state index >= 15 is 0 Å². The minimum Gasteiger partial charge on any atom is -0.398 e. The molecule has 0 spiro atoms. The molecule has 108 valence electrons. The van der Waals surface area contributed by atoms with Crippen LogP contribution in [0.25, 0.3) is 0 Å². The molecule has 0 saturated heterocycles. The Morgan fingerprint density at radius 1 is 1.50 bits per heavy atom. The third-order valence-corrected chi connectivity index (χ3v) is 4.86. The molecule has 0 bridgehead atoms. The number of nitrogens with two attached hydrogens (primary N) is 1. The van der Waals surface area contributed by atoms with E-state index in [-0.39, 0.29) is 5.91 Å². The largest absolute Gasteiger partial charge is 0.398 e. The molecular weight excluding hydrogens is 292 g/mol. The highest BCUT2D eigenvalue weighted by molar-refractivity contribution is 7.14. The molecule has 0 aliphatic rings. The third-order valence-electron chi connectivity index (χ3n) is 2.95. The van der Waals surface area contributed by atoms with Crippen LogP contribution in [0.2, 0.25) is 0 Å². The lowest BCUT2D eigenvalue weighted by Gasteiger charge is -2.21. The second kappa shape index (κ2) is 6.88. The van der Waals surface area contributed by atoms with Crippen molar-refractivity contribution in [3.8, 4) is 0 Å². The van der Waals surface area contributed by atoms with Crippen LogP contribution in [-0.4, -0.2) is 31.1 Å². The van der Waals surface area contributed by atoms with Gasteiger partial charge in [0.15, 0.2) is 0 Å². The minimum absolute atomic E-state index is 0.0141. The fourth-order valence-corrected chi connectivity index (χ4v) is 3.43. The van der Waals surface area contributed by atoms with Crippen LogP contribution in [0.1, 0.15) is 19.4 Å². The zero-order valence-corrected chi connectivity index (χ0v) is 13.2. The molecule has 0 unspecified atom stereocenters. The molecule has 0 aliphatic carbocycles. The number of nitrogens with zero attached hydrogens (tertiary/aromatic N) is 1. The second-order valence-electron chi connectivity index (χ2n) is 4.42. The van der Waals surface area contributed by atoms with E-state index in [1.807, 2.05) is 24.4 Å². The fourth-order valence-electron chi connectivity index (χ4n) is 1.80. The van der Waals surface area contributed by atoms with E-state index in [9.17, 15) is 4.79 Å². The van der Waals surface area contributed by atoms with Crippen LogP contribution >= 0.6 is 22.7 Å². The number of nitrogen functional groups attached to an aromatic ring is 1. The first-order valence-electron chi connectivity index (χ1n) is 6.28. The van der Waals surface area contributed by atoms with Crippen molar-refractivity contribution in [2.24, 2.45) is 0 Å². The van der Waals surface area contributed by atoms with E-state index in [0.29, 0.717) is 30.3 Å². The number of carbonyl (C=O) groups is 1. The van der Waals surface area contributed by atoms with Crippen LogP contribution in [0.5, 0.6) is 0 Å². The number of hydrogen-bond donors (Lipinski definition) is 1. The summed E-state index contributed by atoms with van der Waals surface area (Å²) < 4.78 is 5.09. The van der Waals surface area contributed by atoms with Gasteiger partial charge in [-0.05, 0) is 24.4 Å². The van der Waals surface area contributed by atoms with Crippen molar-refractivity contribution in [2.45, 2.75) is 13.5 Å². The number of ether oxygens (including phenoxy) is 1. The van der Waals surface area contributed by atoms with Crippen LogP contribution in [0.15, 0.2) is 23.6 Å². The maximum Gasteiger partial charge on any atom is 0.264 e. The molecule has 2 aromatic rings. The van der Waals surface area contributed by atoms with Gasteiger partial charge < -0.3 is 15.4 Å². The van der Waals surface area contributed by atoms with E-state index in [1.54, 1.807) is 29.4 Å². The first-order chi connectivity index (χ1) is 9.61. The number of carbonyl (C=O) groups excluding carboxylic acids is 1. The van der Waals surface area contributed by atoms with Gasteiger partial charge in [0.25, 0.3) is 5.91 Å². The zero-order valence-electron chi connectivity index (χ0n) is 11.6. The molecule has 1 amide bonds. The molecule has 2 rings (SSSR count). The predicted octanol–water partition coefficient (Wildman–Crippen LogP) is 2.99. The molecule has 2 N–H and O–H groups in total. The molecule has 4 nitrogen and oxygen atoms in total. The molecular formula is C14H18N2O2S2. The molecule has 6 heteroatoms. The highest BCUT2D eigenvalue weighted by atomic mass is 32.1. The number of aryl methyl sites for hydroxylation is 1. The summed E-state index contributed by atoms with van der Waals surface area (Å²) in [5, 5.41) is 2.02. The highest BCUT2D eigenvalue weighted by Gasteiger charge is 2.19. The molecule has 0 atom stereocenters. The van der Waals surface area contributed by atoms with E-state index in [2.05, 4.69) is 0 Å². The van der Waals surface area contributed by atoms with Gasteiger partial charge in [-0.2, -0.15) is 0 Å². The summed E-state index contributed by atoms with van der Waals surface area (Å²) in [7, 11) is 1.64. The Hall–Kier alpha value is -1.37. The van der Waals surface area contributed by atoms with Gasteiger partial charge in [-0.1, -0.05) is 6.07 Å². The molecule has 0 saturated carbocycles. The quantitative estimate of drug-likeness (QED) is 0.892. The minimum atomic E-state index is 0.0141. The third kappa shape index (κ3) is 3.59. The van der Waals surface area contributed by atoms with Gasteiger partial charge in [0.05, 0.1) is 18.0 Å². The first kappa shape index (κ1) is 15.0. The first-order valence-corrected chi connectivity index (χ1v) is 7.98. The van der Waals surface area contributed by atoms with Crippen LogP contribution in [0.3, 0.4) is 0 Å². The van der Waals surface area contributed by atoms with E-state index in [0.717, 1.165) is 9.75 Å². The van der Waals surface area contributed by atoms with Crippen LogP contribution in [0, 0.1) is 6.92 Å². The lowest BCUT2D eigenvalue weighted by Crippen LogP contribution is -2.32. The molecule has 0 aliphatic heterocycles. The molecule has 2 heterocycles. The maximum atomic E-state index is 12.6. The van der Waals surface area contributed by atoms with Crippen LogP contribution in [-0.2, 0) is 11.3 Å². The van der Waals surface area contributed by atoms with Gasteiger partial charge in [0, 0.05) is 29.1 Å². The Morgan fingerprint density at radius 3 is 2.85 bits per heavy atom. The van der Waals surface area contributed by atoms with Crippen LogP contribution < -0.4 is 5.73 Å². The van der Waals surface area contributed by atoms with Gasteiger partial charge in [0.2, 0.25) is 0 Å². The lowest BCUT2D eigenvalue weighted by molar-refractivity contribution is 0.0687. The summed E-state index contributed by atoms with van der Waals surface area (Å²) >= 11 is 3.09. The number of amides is 1. The standard InChI is InChI=1S/C14H18N2O2S2/c1-10-12(15)8-13(20-10)14(17)16(5-6-18-2)9-11-4-3-7-19-11/h3-4,7-8H,5-6,9,15H2,1-2H3. The van der Waals surface area contributed by atoms with Crippen LogP contribution in [0.4, 0.5) is 5.69 Å². The summed E-state index contributed by atoms with van der Waals surface area (Å²) in [6, 6.07) is 5.79. The summed E-state index contributed by atoms with van der Waals surface area (Å²) in [6.07, 6.45) is 0. The topological polar surface area (TPSA) is 55.6 Å². The van der Waals surface area contributed by atoms with E-state index < -0.39 is 0 Å². The molecule has 0 radical (unpaired) electrons. The Kier molecular flexibility index (Phi) is 5.17. The van der Waals surface area contributed by atoms with E-state index in [1.165, 1.54) is 11.3 Å². The van der Waals surface area contributed by atoms with Crippen molar-refractivity contribution in [1.29, 1.82) is 0 Å². The summed E-state index contributed by atoms with van der Waals surface area (Å²) in [6.45, 7) is 3.63. The lowest BCUT2D eigenvalue weighted by atomic mass is 10.3. The van der Waals surface area contributed by atoms with Gasteiger partial charge in [-0.25, -0.2) is 0 Å². The Labute approximate surface area is 126 Å². The Morgan fingerprint density at radius 2 is 2.30 bits per heavy atom. The van der Waals surface area contributed by atoms with Gasteiger partial charge in [0.1, 0.15) is 0 Å². The van der Waals surface area contributed by atoms with Crippen molar-refractivity contribution in [3.63, 3.8) is 0 Å². The van der Waals surface area contributed by atoms with Crippen molar-refractivity contribution in [3.05, 3.63) is 38.2 Å². The van der Waals surface area contributed by atoms with Crippen molar-refractivity contribution < 1.29 is 9.53 Å². The number of thiophene rings is 2. The SMILES string of the molecule is COCCN(Cc1cccs1)C(=O)c1cc(N)c(C)s1. The highest BCUT2D eigenvalue weighted by Crippen LogP contribution is 2.25. The number of hydrogen-bond acceptors (Lipinski definition) is 5. The van der Waals surface area contributed by atoms with Crippen molar-refractivity contribution >= 4 is 34.3 Å². The van der Waals surface area contributed by atoms with E-state index in [4.69, 9.17) is 10.5 Å². The average molecular weight is 310 g/mol. The van der Waals surface area contributed by atoms with Crippen molar-refractivity contribution in [2.75, 3.05) is 26.0 Å². The Bertz CT molecular complexity index is 544.